The van der Waals surface area contributed by atoms with Gasteiger partial charge in [0, 0.05) is 10.9 Å². The van der Waals surface area contributed by atoms with Crippen molar-refractivity contribution in [3.8, 4) is 11.1 Å². The molecule has 1 unspecified atom stereocenters. The number of hydrogen-bond donors (Lipinski definition) is 2. The van der Waals surface area contributed by atoms with E-state index in [0.29, 0.717) is 21.3 Å². The van der Waals surface area contributed by atoms with Gasteiger partial charge in [-0.2, -0.15) is 13.2 Å². The predicted octanol–water partition coefficient (Wildman–Crippen LogP) is 3.95. The molecule has 5 nitrogen and oxygen atoms in total. The molecule has 2 N–H and O–H groups in total. The van der Waals surface area contributed by atoms with E-state index in [1.165, 1.54) is 30.4 Å². The van der Waals surface area contributed by atoms with Gasteiger partial charge in [0.2, 0.25) is 5.91 Å². The molecule has 1 aromatic carbocycles. The minimum Gasteiger partial charge on any atom is -0.346 e. The second-order valence-electron chi connectivity index (χ2n) is 5.80. The Labute approximate surface area is 164 Å². The highest BCUT2D eigenvalue weighted by Crippen LogP contribution is 2.32. The quantitative estimate of drug-likeness (QED) is 0.365. The predicted molar refractivity (Wildman–Crippen MR) is 100 cm³/mol. The first-order valence-electron chi connectivity index (χ1n) is 7.92. The molecule has 1 amide bonds. The van der Waals surface area contributed by atoms with Gasteiger partial charge in [-0.1, -0.05) is 23.9 Å². The third-order valence-electron chi connectivity index (χ3n) is 3.70. The van der Waals surface area contributed by atoms with Crippen molar-refractivity contribution in [1.29, 1.82) is 0 Å². The fourth-order valence-corrected chi connectivity index (χ4v) is 4.21. The molecule has 0 radical (unpaired) electrons. The topological polar surface area (TPSA) is 74.8 Å². The molecule has 0 aliphatic rings. The lowest BCUT2D eigenvalue weighted by Crippen LogP contribution is -2.38. The van der Waals surface area contributed by atoms with Crippen molar-refractivity contribution in [2.45, 2.75) is 23.5 Å². The number of thioether (sulfide) groups is 1. The van der Waals surface area contributed by atoms with Crippen LogP contribution in [-0.2, 0) is 4.79 Å². The standard InChI is InChI=1S/C17H13F4N3O2S2/c1-8(13(25)22-7-17(19,20)21)28-16-23-14(26)12-11(6-27-15(12)24-16)9-2-4-10(18)5-3-9/h2-6,8H,7H2,1H3,(H,22,25)(H,23,24,26). The smallest absolute Gasteiger partial charge is 0.346 e. The summed E-state index contributed by atoms with van der Waals surface area (Å²) >= 11 is 2.05. The molecule has 0 aliphatic heterocycles. The number of rotatable bonds is 5. The van der Waals surface area contributed by atoms with Gasteiger partial charge in [-0.25, -0.2) is 9.37 Å². The van der Waals surface area contributed by atoms with Gasteiger partial charge in [-0.3, -0.25) is 9.59 Å². The first-order chi connectivity index (χ1) is 13.1. The van der Waals surface area contributed by atoms with E-state index in [1.807, 2.05) is 0 Å². The molecule has 2 heterocycles. The number of thiophene rings is 1. The SMILES string of the molecule is CC(Sc1nc2scc(-c3ccc(F)cc3)c2c(=O)[nH]1)C(=O)NCC(F)(F)F. The van der Waals surface area contributed by atoms with E-state index in [2.05, 4.69) is 9.97 Å². The number of fused-ring (bicyclic) bond motifs is 1. The maximum atomic E-state index is 13.1. The number of aromatic amines is 1. The third kappa shape index (κ3) is 4.71. The van der Waals surface area contributed by atoms with E-state index in [4.69, 9.17) is 0 Å². The molecule has 2 aromatic heterocycles. The lowest BCUT2D eigenvalue weighted by molar-refractivity contribution is -0.137. The average molecular weight is 431 g/mol. The summed E-state index contributed by atoms with van der Waals surface area (Å²) in [5.41, 5.74) is 0.803. The van der Waals surface area contributed by atoms with Crippen LogP contribution in [0, 0.1) is 5.82 Å². The number of halogens is 4. The Kier molecular flexibility index (Phi) is 5.75. The summed E-state index contributed by atoms with van der Waals surface area (Å²) < 4.78 is 49.7. The molecule has 148 valence electrons. The van der Waals surface area contributed by atoms with Crippen molar-refractivity contribution in [3.63, 3.8) is 0 Å². The van der Waals surface area contributed by atoms with E-state index >= 15 is 0 Å². The molecule has 3 rings (SSSR count). The molecule has 0 saturated heterocycles. The van der Waals surface area contributed by atoms with Crippen LogP contribution in [0.5, 0.6) is 0 Å². The van der Waals surface area contributed by atoms with Gasteiger partial charge in [-0.05, 0) is 24.6 Å². The van der Waals surface area contributed by atoms with Gasteiger partial charge in [0.1, 0.15) is 17.2 Å². The fraction of sp³-hybridized carbons (Fsp3) is 0.235. The Balaban J connectivity index is 1.82. The van der Waals surface area contributed by atoms with Gasteiger partial charge in [0.25, 0.3) is 5.56 Å². The van der Waals surface area contributed by atoms with E-state index in [1.54, 1.807) is 22.8 Å². The number of amides is 1. The Morgan fingerprint density at radius 3 is 2.64 bits per heavy atom. The van der Waals surface area contributed by atoms with Gasteiger partial charge >= 0.3 is 6.18 Å². The summed E-state index contributed by atoms with van der Waals surface area (Å²) in [6, 6.07) is 5.66. The van der Waals surface area contributed by atoms with Crippen molar-refractivity contribution in [2.75, 3.05) is 6.54 Å². The van der Waals surface area contributed by atoms with Crippen LogP contribution in [0.1, 0.15) is 6.92 Å². The van der Waals surface area contributed by atoms with E-state index in [9.17, 15) is 27.2 Å². The van der Waals surface area contributed by atoms with Crippen LogP contribution in [0.25, 0.3) is 21.3 Å². The lowest BCUT2D eigenvalue weighted by atomic mass is 10.1. The Morgan fingerprint density at radius 2 is 2.00 bits per heavy atom. The zero-order chi connectivity index (χ0) is 20.5. The van der Waals surface area contributed by atoms with Crippen LogP contribution in [0.15, 0.2) is 39.6 Å². The maximum absolute atomic E-state index is 13.1. The normalized spacial score (nSPS) is 12.9. The number of H-pyrrole nitrogens is 1. The summed E-state index contributed by atoms with van der Waals surface area (Å²) in [5, 5.41) is 3.07. The zero-order valence-corrected chi connectivity index (χ0v) is 15.9. The zero-order valence-electron chi connectivity index (χ0n) is 14.3. The average Bonchev–Trinajstić information content (AvgIpc) is 3.04. The number of alkyl halides is 3. The maximum Gasteiger partial charge on any atom is 0.405 e. The molecule has 0 bridgehead atoms. The Morgan fingerprint density at radius 1 is 1.32 bits per heavy atom. The van der Waals surface area contributed by atoms with Crippen molar-refractivity contribution in [1.82, 2.24) is 15.3 Å². The monoisotopic (exact) mass is 431 g/mol. The summed E-state index contributed by atoms with van der Waals surface area (Å²) in [6.45, 7) is -0.00932. The van der Waals surface area contributed by atoms with Gasteiger partial charge in [0.05, 0.1) is 10.6 Å². The van der Waals surface area contributed by atoms with Gasteiger partial charge in [-0.15, -0.1) is 11.3 Å². The molecule has 0 fully saturated rings. The van der Waals surface area contributed by atoms with Crippen molar-refractivity contribution >= 4 is 39.2 Å². The molecule has 11 heteroatoms. The third-order valence-corrected chi connectivity index (χ3v) is 5.55. The second kappa shape index (κ2) is 7.92. The number of nitrogens with one attached hydrogen (secondary N) is 2. The minimum absolute atomic E-state index is 0.125. The van der Waals surface area contributed by atoms with E-state index in [0.717, 1.165) is 11.8 Å². The molecule has 3 aromatic rings. The Bertz CT molecular complexity index is 1060. The van der Waals surface area contributed by atoms with E-state index in [-0.39, 0.29) is 5.16 Å². The summed E-state index contributed by atoms with van der Waals surface area (Å²) in [7, 11) is 0. The van der Waals surface area contributed by atoms with E-state index < -0.39 is 35.3 Å². The molecule has 0 saturated carbocycles. The summed E-state index contributed by atoms with van der Waals surface area (Å²) in [4.78, 5) is 31.5. The number of hydrogen-bond acceptors (Lipinski definition) is 5. The second-order valence-corrected chi connectivity index (χ2v) is 7.99. The summed E-state index contributed by atoms with van der Waals surface area (Å²) in [6.07, 6.45) is -4.50. The van der Waals surface area contributed by atoms with Crippen molar-refractivity contribution in [2.24, 2.45) is 0 Å². The first kappa shape index (κ1) is 20.3. The molecular formula is C17H13F4N3O2S2. The van der Waals surface area contributed by atoms with Crippen LogP contribution in [0.3, 0.4) is 0 Å². The highest BCUT2D eigenvalue weighted by molar-refractivity contribution is 8.00. The van der Waals surface area contributed by atoms with Crippen LogP contribution in [0.2, 0.25) is 0 Å². The molecule has 0 aliphatic carbocycles. The molecule has 1 atom stereocenters. The van der Waals surface area contributed by atoms with Gasteiger partial charge in [0.15, 0.2) is 5.16 Å². The molecular weight excluding hydrogens is 418 g/mol. The Hall–Kier alpha value is -2.40. The molecule has 0 spiro atoms. The van der Waals surface area contributed by atoms with Crippen LogP contribution < -0.4 is 10.9 Å². The number of benzene rings is 1. The van der Waals surface area contributed by atoms with Crippen LogP contribution in [-0.4, -0.2) is 33.8 Å². The van der Waals surface area contributed by atoms with Crippen LogP contribution >= 0.6 is 23.1 Å². The number of carbonyl (C=O) groups is 1. The van der Waals surface area contributed by atoms with Crippen molar-refractivity contribution in [3.05, 3.63) is 45.8 Å². The largest absolute Gasteiger partial charge is 0.405 e. The summed E-state index contributed by atoms with van der Waals surface area (Å²) in [5.74, 6) is -1.21. The number of carbonyl (C=O) groups excluding carboxylic acids is 1. The lowest BCUT2D eigenvalue weighted by Gasteiger charge is -2.12. The highest BCUT2D eigenvalue weighted by atomic mass is 32.2. The number of nitrogens with zero attached hydrogens (tertiary/aromatic N) is 1. The molecule has 28 heavy (non-hydrogen) atoms. The van der Waals surface area contributed by atoms with Crippen molar-refractivity contribution < 1.29 is 22.4 Å². The highest BCUT2D eigenvalue weighted by Gasteiger charge is 2.29. The van der Waals surface area contributed by atoms with Crippen LogP contribution in [0.4, 0.5) is 17.6 Å². The van der Waals surface area contributed by atoms with Gasteiger partial charge < -0.3 is 10.3 Å². The number of aromatic nitrogens is 2. The first-order valence-corrected chi connectivity index (χ1v) is 9.68. The minimum atomic E-state index is -4.50. The fourth-order valence-electron chi connectivity index (χ4n) is 2.38.